The fourth-order valence-electron chi connectivity index (χ4n) is 2.33. The van der Waals surface area contributed by atoms with E-state index in [2.05, 4.69) is 10.6 Å². The number of nitrogens with one attached hydrogen (secondary N) is 2. The highest BCUT2D eigenvalue weighted by atomic mass is 35.5. The summed E-state index contributed by atoms with van der Waals surface area (Å²) in [6.07, 6.45) is 3.12. The second kappa shape index (κ2) is 8.74. The quantitative estimate of drug-likeness (QED) is 0.877. The zero-order chi connectivity index (χ0) is 14.4. The number of amides is 1. The van der Waals surface area contributed by atoms with Gasteiger partial charge in [-0.3, -0.25) is 4.79 Å². The summed E-state index contributed by atoms with van der Waals surface area (Å²) in [5.74, 6) is 1.32. The van der Waals surface area contributed by atoms with Crippen LogP contribution in [0.1, 0.15) is 26.2 Å². The number of piperidine rings is 1. The van der Waals surface area contributed by atoms with Gasteiger partial charge < -0.3 is 20.1 Å². The van der Waals surface area contributed by atoms with Crippen LogP contribution in [0.3, 0.4) is 0 Å². The van der Waals surface area contributed by atoms with Crippen LogP contribution in [0.2, 0.25) is 0 Å². The number of benzene rings is 1. The van der Waals surface area contributed by atoms with Crippen LogP contribution < -0.4 is 20.1 Å². The molecule has 0 unspecified atom stereocenters. The van der Waals surface area contributed by atoms with Gasteiger partial charge in [0.2, 0.25) is 5.91 Å². The van der Waals surface area contributed by atoms with Gasteiger partial charge in [0.15, 0.2) is 11.5 Å². The van der Waals surface area contributed by atoms with E-state index < -0.39 is 0 Å². The minimum atomic E-state index is -0.0959. The maximum absolute atomic E-state index is 12.1. The van der Waals surface area contributed by atoms with Gasteiger partial charge >= 0.3 is 0 Å². The van der Waals surface area contributed by atoms with Crippen LogP contribution in [-0.2, 0) is 4.79 Å². The number of anilines is 1. The summed E-state index contributed by atoms with van der Waals surface area (Å²) in [6, 6.07) is 5.32. The van der Waals surface area contributed by atoms with Gasteiger partial charge in [0.25, 0.3) is 0 Å². The maximum Gasteiger partial charge on any atom is 0.241 e. The summed E-state index contributed by atoms with van der Waals surface area (Å²) in [5, 5.41) is 6.16. The molecular weight excluding hydrogens is 292 g/mol. The van der Waals surface area contributed by atoms with E-state index in [1.165, 1.54) is 0 Å². The molecular formula is C15H23ClN2O3. The second-order valence-electron chi connectivity index (χ2n) is 4.79. The first-order chi connectivity index (χ1) is 9.74. The van der Waals surface area contributed by atoms with Crippen LogP contribution >= 0.6 is 12.4 Å². The standard InChI is InChI=1S/C15H22N2O3.ClH/c1-3-20-14-10-11(7-8-13(14)19-2)17-15(18)12-6-4-5-9-16-12;/h7-8,10,12,16H,3-6,9H2,1-2H3,(H,17,18);1H/t12-;/m0./s1. The van der Waals surface area contributed by atoms with Crippen molar-refractivity contribution in [1.82, 2.24) is 5.32 Å². The van der Waals surface area contributed by atoms with Crippen molar-refractivity contribution >= 4 is 24.0 Å². The zero-order valence-corrected chi connectivity index (χ0v) is 13.3. The maximum atomic E-state index is 12.1. The topological polar surface area (TPSA) is 59.6 Å². The first-order valence-electron chi connectivity index (χ1n) is 7.09. The van der Waals surface area contributed by atoms with Crippen molar-refractivity contribution in [3.8, 4) is 11.5 Å². The molecule has 1 heterocycles. The lowest BCUT2D eigenvalue weighted by atomic mass is 10.0. The minimum Gasteiger partial charge on any atom is -0.493 e. The van der Waals surface area contributed by atoms with E-state index in [1.54, 1.807) is 19.2 Å². The molecule has 1 aliphatic rings. The van der Waals surface area contributed by atoms with Crippen molar-refractivity contribution < 1.29 is 14.3 Å². The van der Waals surface area contributed by atoms with Crippen LogP contribution in [0.15, 0.2) is 18.2 Å². The molecule has 1 fully saturated rings. The number of hydrogen-bond donors (Lipinski definition) is 2. The molecule has 2 N–H and O–H groups in total. The Morgan fingerprint density at radius 3 is 2.81 bits per heavy atom. The number of methoxy groups -OCH3 is 1. The average molecular weight is 315 g/mol. The first-order valence-corrected chi connectivity index (χ1v) is 7.09. The average Bonchev–Trinajstić information content (AvgIpc) is 2.49. The van der Waals surface area contributed by atoms with E-state index in [0.29, 0.717) is 18.1 Å². The lowest BCUT2D eigenvalue weighted by Gasteiger charge is -2.22. The van der Waals surface area contributed by atoms with Gasteiger partial charge in [-0.15, -0.1) is 12.4 Å². The fourth-order valence-corrected chi connectivity index (χ4v) is 2.33. The predicted molar refractivity (Wildman–Crippen MR) is 85.7 cm³/mol. The van der Waals surface area contributed by atoms with E-state index in [9.17, 15) is 4.79 Å². The van der Waals surface area contributed by atoms with Gasteiger partial charge in [-0.25, -0.2) is 0 Å². The Labute approximate surface area is 131 Å². The molecule has 118 valence electrons. The third kappa shape index (κ3) is 4.79. The Bertz CT molecular complexity index is 462. The van der Waals surface area contributed by atoms with Crippen LogP contribution in [0.5, 0.6) is 11.5 Å². The van der Waals surface area contributed by atoms with Crippen molar-refractivity contribution in [3.05, 3.63) is 18.2 Å². The zero-order valence-electron chi connectivity index (χ0n) is 12.5. The molecule has 0 bridgehead atoms. The molecule has 2 rings (SSSR count). The number of carbonyl (C=O) groups is 1. The highest BCUT2D eigenvalue weighted by molar-refractivity contribution is 5.95. The number of ether oxygens (including phenoxy) is 2. The number of rotatable bonds is 5. The van der Waals surface area contributed by atoms with Crippen LogP contribution in [0.4, 0.5) is 5.69 Å². The molecule has 0 spiro atoms. The van der Waals surface area contributed by atoms with Crippen molar-refractivity contribution in [2.45, 2.75) is 32.2 Å². The Morgan fingerprint density at radius 2 is 2.19 bits per heavy atom. The lowest BCUT2D eigenvalue weighted by molar-refractivity contribution is -0.118. The van der Waals surface area contributed by atoms with E-state index in [1.807, 2.05) is 13.0 Å². The van der Waals surface area contributed by atoms with Gasteiger partial charge in [0.1, 0.15) is 0 Å². The Hall–Kier alpha value is -1.46. The molecule has 21 heavy (non-hydrogen) atoms. The van der Waals surface area contributed by atoms with Crippen LogP contribution in [0, 0.1) is 0 Å². The Morgan fingerprint density at radius 1 is 1.38 bits per heavy atom. The van der Waals surface area contributed by atoms with Crippen molar-refractivity contribution in [2.75, 3.05) is 25.6 Å². The first kappa shape index (κ1) is 17.6. The highest BCUT2D eigenvalue weighted by Crippen LogP contribution is 2.30. The summed E-state index contributed by atoms with van der Waals surface area (Å²) in [6.45, 7) is 3.37. The molecule has 0 aromatic heterocycles. The molecule has 6 heteroatoms. The summed E-state index contributed by atoms with van der Waals surface area (Å²) in [7, 11) is 1.60. The van der Waals surface area contributed by atoms with Crippen LogP contribution in [-0.4, -0.2) is 32.2 Å². The molecule has 1 amide bonds. The molecule has 1 aliphatic heterocycles. The smallest absolute Gasteiger partial charge is 0.241 e. The minimum absolute atomic E-state index is 0. The summed E-state index contributed by atoms with van der Waals surface area (Å²) in [5.41, 5.74) is 0.728. The molecule has 1 atom stereocenters. The SMILES string of the molecule is CCOc1cc(NC(=O)[C@@H]2CCCCN2)ccc1OC.Cl. The normalized spacial score (nSPS) is 17.5. The molecule has 1 aromatic carbocycles. The Balaban J connectivity index is 0.00000220. The fraction of sp³-hybridized carbons (Fsp3) is 0.533. The van der Waals surface area contributed by atoms with E-state index >= 15 is 0 Å². The van der Waals surface area contributed by atoms with Gasteiger partial charge in [-0.05, 0) is 38.4 Å². The second-order valence-corrected chi connectivity index (χ2v) is 4.79. The predicted octanol–water partition coefficient (Wildman–Crippen LogP) is 2.60. The number of hydrogen-bond acceptors (Lipinski definition) is 4. The largest absolute Gasteiger partial charge is 0.493 e. The molecule has 5 nitrogen and oxygen atoms in total. The van der Waals surface area contributed by atoms with Gasteiger partial charge in [-0.1, -0.05) is 6.42 Å². The third-order valence-electron chi connectivity index (χ3n) is 3.36. The van der Waals surface area contributed by atoms with Crippen molar-refractivity contribution in [2.24, 2.45) is 0 Å². The van der Waals surface area contributed by atoms with E-state index in [-0.39, 0.29) is 24.4 Å². The monoisotopic (exact) mass is 314 g/mol. The molecule has 1 saturated heterocycles. The lowest BCUT2D eigenvalue weighted by Crippen LogP contribution is -2.43. The van der Waals surface area contributed by atoms with Gasteiger partial charge in [0, 0.05) is 11.8 Å². The van der Waals surface area contributed by atoms with E-state index in [4.69, 9.17) is 9.47 Å². The van der Waals surface area contributed by atoms with Crippen LogP contribution in [0.25, 0.3) is 0 Å². The van der Waals surface area contributed by atoms with Crippen molar-refractivity contribution in [1.29, 1.82) is 0 Å². The van der Waals surface area contributed by atoms with Gasteiger partial charge in [0.05, 0.1) is 19.8 Å². The Kier molecular flexibility index (Phi) is 7.32. The molecule has 0 radical (unpaired) electrons. The highest BCUT2D eigenvalue weighted by Gasteiger charge is 2.20. The van der Waals surface area contributed by atoms with Crippen molar-refractivity contribution in [3.63, 3.8) is 0 Å². The molecule has 0 aliphatic carbocycles. The van der Waals surface area contributed by atoms with Gasteiger partial charge in [-0.2, -0.15) is 0 Å². The summed E-state index contributed by atoms with van der Waals surface area (Å²) < 4.78 is 10.7. The molecule has 0 saturated carbocycles. The number of halogens is 1. The summed E-state index contributed by atoms with van der Waals surface area (Å²) >= 11 is 0. The summed E-state index contributed by atoms with van der Waals surface area (Å²) in [4.78, 5) is 12.1. The van der Waals surface area contributed by atoms with E-state index in [0.717, 1.165) is 31.5 Å². The molecule has 1 aromatic rings. The number of carbonyl (C=O) groups excluding carboxylic acids is 1. The third-order valence-corrected chi connectivity index (χ3v) is 3.36.